The van der Waals surface area contributed by atoms with E-state index in [1.807, 2.05) is 0 Å². The molecule has 0 N–H and O–H groups in total. The van der Waals surface area contributed by atoms with Crippen LogP contribution in [0.15, 0.2) is 16.5 Å². The summed E-state index contributed by atoms with van der Waals surface area (Å²) in [6, 6.07) is 0. The Kier molecular flexibility index (Phi) is 5.68. The molecule has 0 spiro atoms. The number of rotatable bonds is 7. The Balaban J connectivity index is 2.34. The zero-order valence-corrected chi connectivity index (χ0v) is 14.0. The molecule has 0 aromatic carbocycles. The summed E-state index contributed by atoms with van der Waals surface area (Å²) >= 11 is 1.29. The van der Waals surface area contributed by atoms with E-state index in [-0.39, 0.29) is 12.2 Å². The highest BCUT2D eigenvalue weighted by molar-refractivity contribution is 7.17. The maximum atomic E-state index is 12.6. The van der Waals surface area contributed by atoms with Gasteiger partial charge in [-0.25, -0.2) is 9.78 Å². The van der Waals surface area contributed by atoms with Gasteiger partial charge in [-0.15, -0.1) is 11.3 Å². The van der Waals surface area contributed by atoms with E-state index >= 15 is 0 Å². The summed E-state index contributed by atoms with van der Waals surface area (Å²) in [5, 5.41) is 2.01. The molecule has 0 atom stereocenters. The van der Waals surface area contributed by atoms with Crippen molar-refractivity contribution in [2.24, 2.45) is 0 Å². The molecule has 120 valence electrons. The van der Waals surface area contributed by atoms with E-state index in [1.165, 1.54) is 11.3 Å². The average Bonchev–Trinajstić information content (AvgIpc) is 2.95. The summed E-state index contributed by atoms with van der Waals surface area (Å²) in [7, 11) is 0. The van der Waals surface area contributed by atoms with E-state index in [1.54, 1.807) is 23.2 Å². The standard InChI is InChI=1S/C15H21N3O3S/c1-4-17(5-2)7-8-18-10-16-13-12(14(18)19)11(9-22-13)15(20)21-6-3/h9-10H,4-8H2,1-3H3. The Labute approximate surface area is 133 Å². The van der Waals surface area contributed by atoms with Crippen LogP contribution in [0, 0.1) is 0 Å². The lowest BCUT2D eigenvalue weighted by molar-refractivity contribution is 0.0529. The second-order valence-electron chi connectivity index (χ2n) is 4.82. The molecule has 7 heteroatoms. The van der Waals surface area contributed by atoms with Gasteiger partial charge in [0.2, 0.25) is 0 Å². The van der Waals surface area contributed by atoms with Crippen LogP contribution in [0.5, 0.6) is 0 Å². The van der Waals surface area contributed by atoms with E-state index in [2.05, 4.69) is 23.7 Å². The molecule has 6 nitrogen and oxygen atoms in total. The Bertz CT molecular complexity index is 704. The minimum absolute atomic E-state index is 0.179. The second kappa shape index (κ2) is 7.51. The lowest BCUT2D eigenvalue weighted by Crippen LogP contribution is -2.31. The van der Waals surface area contributed by atoms with Crippen molar-refractivity contribution in [1.29, 1.82) is 0 Å². The number of esters is 1. The zero-order chi connectivity index (χ0) is 16.1. The minimum atomic E-state index is -0.464. The minimum Gasteiger partial charge on any atom is -0.462 e. The van der Waals surface area contributed by atoms with Crippen LogP contribution in [0.2, 0.25) is 0 Å². The first kappa shape index (κ1) is 16.6. The Hall–Kier alpha value is -1.73. The fourth-order valence-electron chi connectivity index (χ4n) is 2.27. The predicted molar refractivity (Wildman–Crippen MR) is 87.6 cm³/mol. The molecule has 2 heterocycles. The first-order valence-electron chi connectivity index (χ1n) is 7.48. The molecule has 2 aromatic heterocycles. The zero-order valence-electron chi connectivity index (χ0n) is 13.2. The van der Waals surface area contributed by atoms with Gasteiger partial charge >= 0.3 is 5.97 Å². The van der Waals surface area contributed by atoms with Gasteiger partial charge in [0, 0.05) is 18.5 Å². The monoisotopic (exact) mass is 323 g/mol. The molecule has 0 aliphatic carbocycles. The maximum absolute atomic E-state index is 12.6. The molecule has 2 aromatic rings. The summed E-state index contributed by atoms with van der Waals surface area (Å²) in [5.41, 5.74) is 0.137. The van der Waals surface area contributed by atoms with Gasteiger partial charge in [0.25, 0.3) is 5.56 Å². The third-order valence-electron chi connectivity index (χ3n) is 3.61. The molecule has 0 aliphatic rings. The van der Waals surface area contributed by atoms with Crippen LogP contribution in [0.4, 0.5) is 0 Å². The number of hydrogen-bond acceptors (Lipinski definition) is 6. The van der Waals surface area contributed by atoms with Crippen molar-refractivity contribution in [2.75, 3.05) is 26.2 Å². The van der Waals surface area contributed by atoms with Crippen LogP contribution in [0.1, 0.15) is 31.1 Å². The summed E-state index contributed by atoms with van der Waals surface area (Å²) in [6.07, 6.45) is 1.56. The summed E-state index contributed by atoms with van der Waals surface area (Å²) in [6.45, 7) is 9.41. The highest BCUT2D eigenvalue weighted by Gasteiger charge is 2.18. The van der Waals surface area contributed by atoms with E-state index in [4.69, 9.17) is 4.74 Å². The van der Waals surface area contributed by atoms with Crippen LogP contribution in [0.3, 0.4) is 0 Å². The van der Waals surface area contributed by atoms with Gasteiger partial charge in [0.15, 0.2) is 0 Å². The van der Waals surface area contributed by atoms with Crippen molar-refractivity contribution in [3.8, 4) is 0 Å². The van der Waals surface area contributed by atoms with Crippen LogP contribution in [-0.4, -0.2) is 46.7 Å². The number of carbonyl (C=O) groups excluding carboxylic acids is 1. The van der Waals surface area contributed by atoms with E-state index in [0.717, 1.165) is 19.6 Å². The number of likely N-dealkylation sites (N-methyl/N-ethyl adjacent to an activating group) is 1. The van der Waals surface area contributed by atoms with Crippen molar-refractivity contribution in [1.82, 2.24) is 14.5 Å². The maximum Gasteiger partial charge on any atom is 0.339 e. The number of aromatic nitrogens is 2. The Morgan fingerprint density at radius 3 is 2.73 bits per heavy atom. The average molecular weight is 323 g/mol. The van der Waals surface area contributed by atoms with E-state index < -0.39 is 5.97 Å². The third-order valence-corrected chi connectivity index (χ3v) is 4.49. The largest absolute Gasteiger partial charge is 0.462 e. The number of ether oxygens (including phenoxy) is 1. The molecule has 0 unspecified atom stereocenters. The Morgan fingerprint density at radius 2 is 2.09 bits per heavy atom. The summed E-state index contributed by atoms with van der Waals surface area (Å²) in [4.78, 5) is 31.7. The lowest BCUT2D eigenvalue weighted by Gasteiger charge is -2.18. The SMILES string of the molecule is CCOC(=O)c1csc2ncn(CCN(CC)CC)c(=O)c12. The number of nitrogens with zero attached hydrogens (tertiary/aromatic N) is 3. The topological polar surface area (TPSA) is 64.4 Å². The van der Waals surface area contributed by atoms with Gasteiger partial charge < -0.3 is 9.64 Å². The van der Waals surface area contributed by atoms with Crippen molar-refractivity contribution >= 4 is 27.5 Å². The number of fused-ring (bicyclic) bond motifs is 1. The van der Waals surface area contributed by atoms with Gasteiger partial charge in [-0.1, -0.05) is 13.8 Å². The predicted octanol–water partition coefficient (Wildman–Crippen LogP) is 1.98. The smallest absolute Gasteiger partial charge is 0.339 e. The molecule has 22 heavy (non-hydrogen) atoms. The molecule has 0 saturated carbocycles. The first-order chi connectivity index (χ1) is 10.6. The molecule has 2 rings (SSSR count). The van der Waals surface area contributed by atoms with E-state index in [0.29, 0.717) is 22.3 Å². The van der Waals surface area contributed by atoms with Crippen LogP contribution in [-0.2, 0) is 11.3 Å². The summed E-state index contributed by atoms with van der Waals surface area (Å²) < 4.78 is 6.57. The number of thiophene rings is 1. The molecule has 0 bridgehead atoms. The fraction of sp³-hybridized carbons (Fsp3) is 0.533. The Morgan fingerprint density at radius 1 is 1.36 bits per heavy atom. The van der Waals surface area contributed by atoms with Gasteiger partial charge in [0.05, 0.1) is 23.9 Å². The molecular formula is C15H21N3O3S. The third kappa shape index (κ3) is 3.36. The van der Waals surface area contributed by atoms with Gasteiger partial charge in [-0.2, -0.15) is 0 Å². The first-order valence-corrected chi connectivity index (χ1v) is 8.36. The quantitative estimate of drug-likeness (QED) is 0.729. The normalized spacial score (nSPS) is 11.3. The molecule has 0 saturated heterocycles. The van der Waals surface area contributed by atoms with E-state index in [9.17, 15) is 9.59 Å². The second-order valence-corrected chi connectivity index (χ2v) is 5.68. The number of carbonyl (C=O) groups is 1. The fourth-order valence-corrected chi connectivity index (χ4v) is 3.14. The van der Waals surface area contributed by atoms with Crippen molar-refractivity contribution in [3.05, 3.63) is 27.6 Å². The van der Waals surface area contributed by atoms with Gasteiger partial charge in [0.1, 0.15) is 4.83 Å². The van der Waals surface area contributed by atoms with Crippen molar-refractivity contribution in [2.45, 2.75) is 27.3 Å². The highest BCUT2D eigenvalue weighted by atomic mass is 32.1. The van der Waals surface area contributed by atoms with Crippen LogP contribution in [0.25, 0.3) is 10.2 Å². The van der Waals surface area contributed by atoms with Crippen molar-refractivity contribution < 1.29 is 9.53 Å². The van der Waals surface area contributed by atoms with Crippen LogP contribution < -0.4 is 5.56 Å². The number of hydrogen-bond donors (Lipinski definition) is 0. The molecular weight excluding hydrogens is 302 g/mol. The molecule has 0 amide bonds. The molecule has 0 aliphatic heterocycles. The van der Waals surface area contributed by atoms with Crippen molar-refractivity contribution in [3.63, 3.8) is 0 Å². The molecule has 0 radical (unpaired) electrons. The summed E-state index contributed by atoms with van der Waals surface area (Å²) in [5.74, 6) is -0.464. The lowest BCUT2D eigenvalue weighted by atomic mass is 10.2. The highest BCUT2D eigenvalue weighted by Crippen LogP contribution is 2.21. The van der Waals surface area contributed by atoms with Gasteiger partial charge in [-0.3, -0.25) is 9.36 Å². The van der Waals surface area contributed by atoms with Gasteiger partial charge in [-0.05, 0) is 20.0 Å². The molecule has 0 fully saturated rings. The van der Waals surface area contributed by atoms with Crippen LogP contribution >= 0.6 is 11.3 Å².